The van der Waals surface area contributed by atoms with E-state index in [-0.39, 0.29) is 42.3 Å². The molecule has 1 aliphatic rings. The topological polar surface area (TPSA) is 156 Å². The molecule has 13 heteroatoms. The van der Waals surface area contributed by atoms with Crippen molar-refractivity contribution in [1.82, 2.24) is 14.5 Å². The molecule has 11 nitrogen and oxygen atoms in total. The number of sulfonamides is 1. The number of halogens is 1. The Balaban J connectivity index is 1.99. The predicted octanol–water partition coefficient (Wildman–Crippen LogP) is 0.282. The van der Waals surface area contributed by atoms with Gasteiger partial charge in [-0.1, -0.05) is 6.07 Å². The van der Waals surface area contributed by atoms with Gasteiger partial charge in [-0.15, -0.1) is 0 Å². The van der Waals surface area contributed by atoms with E-state index in [2.05, 4.69) is 5.32 Å². The van der Waals surface area contributed by atoms with Gasteiger partial charge in [0.25, 0.3) is 17.5 Å². The van der Waals surface area contributed by atoms with Gasteiger partial charge >= 0.3 is 0 Å². The second-order valence-corrected chi connectivity index (χ2v) is 8.72. The Hall–Kier alpha value is -3.42. The zero-order valence-corrected chi connectivity index (χ0v) is 17.5. The number of nitro benzene ring substituents is 1. The van der Waals surface area contributed by atoms with Gasteiger partial charge in [-0.3, -0.25) is 19.7 Å². The fourth-order valence-corrected chi connectivity index (χ4v) is 4.84. The summed E-state index contributed by atoms with van der Waals surface area (Å²) in [5.74, 6) is -2.17. The lowest BCUT2D eigenvalue weighted by Gasteiger charge is -2.28. The second-order valence-electron chi connectivity index (χ2n) is 6.83. The first-order valence-corrected chi connectivity index (χ1v) is 10.9. The van der Waals surface area contributed by atoms with Gasteiger partial charge < -0.3 is 16.0 Å². The van der Waals surface area contributed by atoms with E-state index < -0.39 is 38.7 Å². The van der Waals surface area contributed by atoms with Crippen LogP contribution in [0, 0.1) is 15.9 Å². The Morgan fingerprint density at radius 3 is 2.50 bits per heavy atom. The highest BCUT2D eigenvalue weighted by Gasteiger charge is 2.46. The molecule has 3 rings (SSSR count). The summed E-state index contributed by atoms with van der Waals surface area (Å²) in [5, 5.41) is 13.5. The fourth-order valence-electron chi connectivity index (χ4n) is 3.29. The minimum atomic E-state index is -4.27. The van der Waals surface area contributed by atoms with E-state index >= 15 is 0 Å². The van der Waals surface area contributed by atoms with E-state index in [9.17, 15) is 32.5 Å². The molecule has 2 aromatic rings. The van der Waals surface area contributed by atoms with Crippen LogP contribution in [0.1, 0.15) is 10.4 Å². The second kappa shape index (κ2) is 9.38. The lowest BCUT2D eigenvalue weighted by molar-refractivity contribution is -0.384. The van der Waals surface area contributed by atoms with Crippen LogP contribution >= 0.6 is 0 Å². The number of nitro groups is 1. The SMILES string of the molecule is NCCNC(=O)C1N(C(=O)c2cccc([N+](=O)[O-])c2)CCN1S(=O)(=O)c1ccc(F)cc1. The van der Waals surface area contributed by atoms with Crippen LogP contribution in [0.15, 0.2) is 53.4 Å². The van der Waals surface area contributed by atoms with E-state index in [1.165, 1.54) is 18.2 Å². The van der Waals surface area contributed by atoms with Gasteiger partial charge in [-0.05, 0) is 30.3 Å². The molecule has 0 bridgehead atoms. The highest BCUT2D eigenvalue weighted by Crippen LogP contribution is 2.27. The maximum atomic E-state index is 13.3. The highest BCUT2D eigenvalue weighted by molar-refractivity contribution is 7.89. The van der Waals surface area contributed by atoms with Gasteiger partial charge in [-0.2, -0.15) is 4.31 Å². The van der Waals surface area contributed by atoms with Crippen molar-refractivity contribution in [3.63, 3.8) is 0 Å². The van der Waals surface area contributed by atoms with Crippen molar-refractivity contribution in [3.8, 4) is 0 Å². The Kier molecular flexibility index (Phi) is 6.81. The molecule has 0 spiro atoms. The molecule has 1 saturated heterocycles. The summed E-state index contributed by atoms with van der Waals surface area (Å²) in [5.41, 5.74) is 5.01. The molecule has 2 aromatic carbocycles. The molecule has 1 atom stereocenters. The number of benzene rings is 2. The smallest absolute Gasteiger partial charge is 0.270 e. The molecule has 3 N–H and O–H groups in total. The molecule has 1 aliphatic heterocycles. The van der Waals surface area contributed by atoms with Crippen LogP contribution in [0.2, 0.25) is 0 Å². The predicted molar refractivity (Wildman–Crippen MR) is 110 cm³/mol. The number of amides is 2. The number of nitrogens with zero attached hydrogens (tertiary/aromatic N) is 3. The standard InChI is InChI=1S/C19H20FN5O6S/c20-14-4-6-16(7-5-14)32(30,31)24-11-10-23(18(24)17(26)22-9-8-21)19(27)13-2-1-3-15(12-13)25(28)29/h1-7,12,18H,8-11,21H2,(H,22,26). The van der Waals surface area contributed by atoms with Crippen molar-refractivity contribution < 1.29 is 27.3 Å². The Labute approximate surface area is 182 Å². The molecule has 32 heavy (non-hydrogen) atoms. The number of rotatable bonds is 7. The van der Waals surface area contributed by atoms with Gasteiger partial charge in [0, 0.05) is 43.9 Å². The molecule has 1 unspecified atom stereocenters. The van der Waals surface area contributed by atoms with Crippen molar-refractivity contribution in [1.29, 1.82) is 0 Å². The molecule has 0 aliphatic carbocycles. The number of hydrogen-bond donors (Lipinski definition) is 2. The monoisotopic (exact) mass is 465 g/mol. The summed E-state index contributed by atoms with van der Waals surface area (Å²) in [6, 6.07) is 8.97. The van der Waals surface area contributed by atoms with Crippen LogP contribution in [-0.4, -0.2) is 66.7 Å². The minimum Gasteiger partial charge on any atom is -0.352 e. The van der Waals surface area contributed by atoms with Gasteiger partial charge in [0.1, 0.15) is 5.82 Å². The molecule has 0 radical (unpaired) electrons. The number of carbonyl (C=O) groups is 2. The summed E-state index contributed by atoms with van der Waals surface area (Å²) in [4.78, 5) is 37.1. The van der Waals surface area contributed by atoms with E-state index in [4.69, 9.17) is 5.73 Å². The Morgan fingerprint density at radius 2 is 1.88 bits per heavy atom. The lowest BCUT2D eigenvalue weighted by atomic mass is 10.1. The number of carbonyl (C=O) groups excluding carboxylic acids is 2. The third-order valence-corrected chi connectivity index (χ3v) is 6.66. The van der Waals surface area contributed by atoms with Gasteiger partial charge in [0.15, 0.2) is 6.17 Å². The summed E-state index contributed by atoms with van der Waals surface area (Å²) in [6.45, 7) is -0.218. The zero-order valence-electron chi connectivity index (χ0n) is 16.7. The molecule has 0 aromatic heterocycles. The zero-order chi connectivity index (χ0) is 23.5. The molecule has 2 amide bonds. The van der Waals surface area contributed by atoms with Crippen LogP contribution in [0.5, 0.6) is 0 Å². The van der Waals surface area contributed by atoms with Gasteiger partial charge in [0.2, 0.25) is 10.0 Å². The first-order valence-electron chi connectivity index (χ1n) is 9.47. The number of hydrogen-bond acceptors (Lipinski definition) is 7. The van der Waals surface area contributed by atoms with E-state index in [1.807, 2.05) is 0 Å². The Morgan fingerprint density at radius 1 is 1.19 bits per heavy atom. The normalized spacial score (nSPS) is 16.7. The third kappa shape index (κ3) is 4.59. The van der Waals surface area contributed by atoms with Gasteiger partial charge in [-0.25, -0.2) is 12.8 Å². The molecular weight excluding hydrogens is 445 g/mol. The summed E-state index contributed by atoms with van der Waals surface area (Å²) < 4.78 is 40.4. The third-order valence-electron chi connectivity index (χ3n) is 4.79. The lowest BCUT2D eigenvalue weighted by Crippen LogP contribution is -2.54. The van der Waals surface area contributed by atoms with Crippen LogP contribution in [0.3, 0.4) is 0 Å². The summed E-state index contributed by atoms with van der Waals surface area (Å²) in [6.07, 6.45) is -1.55. The van der Waals surface area contributed by atoms with Crippen molar-refractivity contribution in [2.24, 2.45) is 5.73 Å². The summed E-state index contributed by atoms with van der Waals surface area (Å²) in [7, 11) is -4.27. The van der Waals surface area contributed by atoms with Crippen molar-refractivity contribution in [2.45, 2.75) is 11.1 Å². The van der Waals surface area contributed by atoms with Crippen LogP contribution < -0.4 is 11.1 Å². The first-order chi connectivity index (χ1) is 15.2. The molecular formula is C19H20FN5O6S. The molecule has 1 fully saturated rings. The van der Waals surface area contributed by atoms with Crippen molar-refractivity contribution in [2.75, 3.05) is 26.2 Å². The average molecular weight is 465 g/mol. The maximum absolute atomic E-state index is 13.3. The van der Waals surface area contributed by atoms with Crippen molar-refractivity contribution in [3.05, 3.63) is 70.0 Å². The summed E-state index contributed by atoms with van der Waals surface area (Å²) >= 11 is 0. The quantitative estimate of drug-likeness (QED) is 0.439. The van der Waals surface area contributed by atoms with Crippen LogP contribution in [-0.2, 0) is 14.8 Å². The molecule has 1 heterocycles. The van der Waals surface area contributed by atoms with Crippen molar-refractivity contribution >= 4 is 27.5 Å². The van der Waals surface area contributed by atoms with Crippen LogP contribution in [0.25, 0.3) is 0 Å². The minimum absolute atomic E-state index is 0.0403. The fraction of sp³-hybridized carbons (Fsp3) is 0.263. The Bertz CT molecular complexity index is 1140. The number of nitrogens with one attached hydrogen (secondary N) is 1. The van der Waals surface area contributed by atoms with Crippen LogP contribution in [0.4, 0.5) is 10.1 Å². The van der Waals surface area contributed by atoms with E-state index in [0.29, 0.717) is 0 Å². The number of non-ortho nitro benzene ring substituents is 1. The maximum Gasteiger partial charge on any atom is 0.270 e. The van der Waals surface area contributed by atoms with E-state index in [1.54, 1.807) is 0 Å². The highest BCUT2D eigenvalue weighted by atomic mass is 32.2. The number of nitrogens with two attached hydrogens (primary N) is 1. The van der Waals surface area contributed by atoms with E-state index in [0.717, 1.165) is 39.5 Å². The largest absolute Gasteiger partial charge is 0.352 e. The average Bonchev–Trinajstić information content (AvgIpc) is 3.23. The molecule has 170 valence electrons. The first kappa shape index (κ1) is 23.2. The molecule has 0 saturated carbocycles. The van der Waals surface area contributed by atoms with Gasteiger partial charge in [0.05, 0.1) is 9.82 Å².